The van der Waals surface area contributed by atoms with Crippen molar-refractivity contribution in [3.63, 3.8) is 0 Å². The second-order valence-electron chi connectivity index (χ2n) is 5.63. The number of carbonyl (C=O) groups excluding carboxylic acids is 1. The zero-order chi connectivity index (χ0) is 19.9. The number of hydrogen-bond acceptors (Lipinski definition) is 7. The van der Waals surface area contributed by atoms with Crippen molar-refractivity contribution in [1.29, 1.82) is 0 Å². The van der Waals surface area contributed by atoms with Gasteiger partial charge in [0, 0.05) is 11.3 Å². The number of halogens is 1. The number of amides is 1. The summed E-state index contributed by atoms with van der Waals surface area (Å²) in [6, 6.07) is 10.9. The van der Waals surface area contributed by atoms with Crippen LogP contribution in [-0.4, -0.2) is 36.0 Å². The molecule has 1 heterocycles. The molecule has 2 aromatic carbocycles. The normalized spacial score (nSPS) is 10.5. The van der Waals surface area contributed by atoms with E-state index < -0.39 is 0 Å². The van der Waals surface area contributed by atoms with Gasteiger partial charge in [0.1, 0.15) is 5.82 Å². The first-order valence-electron chi connectivity index (χ1n) is 8.27. The first kappa shape index (κ1) is 19.7. The fourth-order valence-electron chi connectivity index (χ4n) is 2.37. The summed E-state index contributed by atoms with van der Waals surface area (Å²) >= 11 is 1.33. The van der Waals surface area contributed by atoms with E-state index in [0.717, 1.165) is 5.56 Å². The summed E-state index contributed by atoms with van der Waals surface area (Å²) in [5, 5.41) is 6.65. The molecule has 0 atom stereocenters. The molecule has 0 radical (unpaired) electrons. The van der Waals surface area contributed by atoms with Crippen LogP contribution in [0.1, 0.15) is 5.89 Å². The van der Waals surface area contributed by atoms with Crippen molar-refractivity contribution in [3.05, 3.63) is 54.2 Å². The second kappa shape index (κ2) is 9.23. The van der Waals surface area contributed by atoms with Crippen molar-refractivity contribution in [2.45, 2.75) is 5.75 Å². The number of nitrogens with zero attached hydrogens (tertiary/aromatic N) is 2. The van der Waals surface area contributed by atoms with Crippen molar-refractivity contribution in [3.8, 4) is 22.9 Å². The highest BCUT2D eigenvalue weighted by molar-refractivity contribution is 7.99. The number of anilines is 1. The van der Waals surface area contributed by atoms with E-state index in [1.807, 2.05) is 0 Å². The molecule has 0 saturated heterocycles. The smallest absolute Gasteiger partial charge is 0.236 e. The Balaban J connectivity index is 1.53. The Bertz CT molecular complexity index is 947. The van der Waals surface area contributed by atoms with E-state index in [9.17, 15) is 9.18 Å². The van der Waals surface area contributed by atoms with Crippen LogP contribution >= 0.6 is 11.8 Å². The molecule has 0 saturated carbocycles. The molecule has 1 aromatic heterocycles. The minimum atomic E-state index is -0.353. The molecule has 1 amide bonds. The topological polar surface area (TPSA) is 86.5 Å². The quantitative estimate of drug-likeness (QED) is 0.613. The van der Waals surface area contributed by atoms with Gasteiger partial charge in [-0.25, -0.2) is 4.39 Å². The minimum Gasteiger partial charge on any atom is -0.493 e. The molecule has 0 bridgehead atoms. The maximum absolute atomic E-state index is 12.9. The summed E-state index contributed by atoms with van der Waals surface area (Å²) < 4.78 is 28.6. The minimum absolute atomic E-state index is 0.198. The van der Waals surface area contributed by atoms with E-state index >= 15 is 0 Å². The predicted octanol–water partition coefficient (Wildman–Crippen LogP) is 3.76. The zero-order valence-electron chi connectivity index (χ0n) is 15.3. The van der Waals surface area contributed by atoms with Crippen LogP contribution in [0, 0.1) is 5.82 Å². The van der Waals surface area contributed by atoms with Gasteiger partial charge in [0.05, 0.1) is 25.7 Å². The van der Waals surface area contributed by atoms with Crippen LogP contribution in [0.3, 0.4) is 0 Å². The summed E-state index contributed by atoms with van der Waals surface area (Å²) in [4.78, 5) is 16.3. The molecule has 0 aliphatic rings. The number of hydrogen-bond donors (Lipinski definition) is 1. The van der Waals surface area contributed by atoms with Crippen LogP contribution in [0.2, 0.25) is 0 Å². The SMILES string of the molecule is COc1ccc(-c2noc(CSCC(=O)Nc3ccc(F)cc3)n2)cc1OC. The van der Waals surface area contributed by atoms with Crippen LogP contribution in [0.4, 0.5) is 10.1 Å². The van der Waals surface area contributed by atoms with Crippen LogP contribution in [-0.2, 0) is 10.5 Å². The van der Waals surface area contributed by atoms with E-state index in [-0.39, 0.29) is 17.5 Å². The van der Waals surface area contributed by atoms with Crippen molar-refractivity contribution in [1.82, 2.24) is 10.1 Å². The summed E-state index contributed by atoms with van der Waals surface area (Å²) in [7, 11) is 3.12. The monoisotopic (exact) mass is 403 g/mol. The fraction of sp³-hybridized carbons (Fsp3) is 0.211. The number of carbonyl (C=O) groups is 1. The number of thioether (sulfide) groups is 1. The van der Waals surface area contributed by atoms with Gasteiger partial charge in [-0.3, -0.25) is 4.79 Å². The largest absolute Gasteiger partial charge is 0.493 e. The number of methoxy groups -OCH3 is 2. The lowest BCUT2D eigenvalue weighted by Crippen LogP contribution is -2.14. The lowest BCUT2D eigenvalue weighted by atomic mass is 10.2. The van der Waals surface area contributed by atoms with Crippen LogP contribution < -0.4 is 14.8 Å². The van der Waals surface area contributed by atoms with Crippen molar-refractivity contribution >= 4 is 23.4 Å². The lowest BCUT2D eigenvalue weighted by molar-refractivity contribution is -0.113. The highest BCUT2D eigenvalue weighted by atomic mass is 32.2. The zero-order valence-corrected chi connectivity index (χ0v) is 16.1. The molecule has 0 aliphatic heterocycles. The molecule has 0 aliphatic carbocycles. The highest BCUT2D eigenvalue weighted by Crippen LogP contribution is 2.31. The Hall–Kier alpha value is -3.07. The maximum Gasteiger partial charge on any atom is 0.236 e. The molecule has 0 unspecified atom stereocenters. The number of rotatable bonds is 8. The lowest BCUT2D eigenvalue weighted by Gasteiger charge is -2.07. The van der Waals surface area contributed by atoms with Gasteiger partial charge in [-0.1, -0.05) is 5.16 Å². The van der Waals surface area contributed by atoms with Gasteiger partial charge in [0.15, 0.2) is 11.5 Å². The van der Waals surface area contributed by atoms with Gasteiger partial charge in [-0.2, -0.15) is 4.98 Å². The summed E-state index contributed by atoms with van der Waals surface area (Å²) in [5.74, 6) is 2.04. The molecule has 3 aromatic rings. The maximum atomic E-state index is 12.9. The molecule has 9 heteroatoms. The Morgan fingerprint density at radius 2 is 1.89 bits per heavy atom. The molecule has 7 nitrogen and oxygen atoms in total. The number of benzene rings is 2. The second-order valence-corrected chi connectivity index (χ2v) is 6.61. The van der Waals surface area contributed by atoms with E-state index in [4.69, 9.17) is 14.0 Å². The number of ether oxygens (including phenoxy) is 2. The third-order valence-corrected chi connectivity index (χ3v) is 4.61. The number of nitrogens with one attached hydrogen (secondary N) is 1. The van der Waals surface area contributed by atoms with Gasteiger partial charge >= 0.3 is 0 Å². The molecule has 0 spiro atoms. The molecule has 0 fully saturated rings. The third-order valence-electron chi connectivity index (χ3n) is 3.70. The van der Waals surface area contributed by atoms with E-state index in [0.29, 0.717) is 34.7 Å². The molecule has 1 N–H and O–H groups in total. The van der Waals surface area contributed by atoms with Crippen LogP contribution in [0.15, 0.2) is 47.0 Å². The van der Waals surface area contributed by atoms with Gasteiger partial charge in [0.25, 0.3) is 0 Å². The third kappa shape index (κ3) is 5.01. The highest BCUT2D eigenvalue weighted by Gasteiger charge is 2.13. The van der Waals surface area contributed by atoms with Crippen LogP contribution in [0.5, 0.6) is 11.5 Å². The fourth-order valence-corrected chi connectivity index (χ4v) is 3.02. The predicted molar refractivity (Wildman–Crippen MR) is 104 cm³/mol. The molecule has 28 heavy (non-hydrogen) atoms. The average Bonchev–Trinajstić information content (AvgIpc) is 3.18. The number of aromatic nitrogens is 2. The summed E-state index contributed by atoms with van der Waals surface area (Å²) in [6.07, 6.45) is 0. The van der Waals surface area contributed by atoms with E-state index in [1.165, 1.54) is 36.0 Å². The van der Waals surface area contributed by atoms with Gasteiger partial charge in [-0.05, 0) is 42.5 Å². The Kier molecular flexibility index (Phi) is 6.49. The molecule has 146 valence electrons. The van der Waals surface area contributed by atoms with Crippen LogP contribution in [0.25, 0.3) is 11.4 Å². The molecular formula is C19H18FN3O4S. The van der Waals surface area contributed by atoms with Gasteiger partial charge < -0.3 is 19.3 Å². The summed E-state index contributed by atoms with van der Waals surface area (Å²) in [5.41, 5.74) is 1.27. The summed E-state index contributed by atoms with van der Waals surface area (Å²) in [6.45, 7) is 0. The van der Waals surface area contributed by atoms with Crippen molar-refractivity contribution in [2.24, 2.45) is 0 Å². The standard InChI is InChI=1S/C19H18FN3O4S/c1-25-15-8-3-12(9-16(15)26-2)19-22-18(27-23-19)11-28-10-17(24)21-14-6-4-13(20)5-7-14/h3-9H,10-11H2,1-2H3,(H,21,24). The van der Waals surface area contributed by atoms with Crippen molar-refractivity contribution < 1.29 is 23.2 Å². The Labute approximate surface area is 165 Å². The Morgan fingerprint density at radius 1 is 1.14 bits per heavy atom. The average molecular weight is 403 g/mol. The molecular weight excluding hydrogens is 385 g/mol. The first-order valence-corrected chi connectivity index (χ1v) is 9.42. The van der Waals surface area contributed by atoms with Gasteiger partial charge in [0.2, 0.25) is 17.6 Å². The molecule has 3 rings (SSSR count). The Morgan fingerprint density at radius 3 is 2.61 bits per heavy atom. The van der Waals surface area contributed by atoms with Crippen molar-refractivity contribution in [2.75, 3.05) is 25.3 Å². The first-order chi connectivity index (χ1) is 13.6. The van der Waals surface area contributed by atoms with E-state index in [2.05, 4.69) is 15.5 Å². The van der Waals surface area contributed by atoms with E-state index in [1.54, 1.807) is 32.4 Å². The van der Waals surface area contributed by atoms with Gasteiger partial charge in [-0.15, -0.1) is 11.8 Å².